The Hall–Kier alpha value is -3.16. The first-order valence-electron chi connectivity index (χ1n) is 21.3. The molecule has 0 amide bonds. The molecule has 0 atom stereocenters. The van der Waals surface area contributed by atoms with Gasteiger partial charge in [-0.1, -0.05) is 155 Å². The second-order valence-electron chi connectivity index (χ2n) is 14.7. The maximum Gasteiger partial charge on any atom is 0.163 e. The van der Waals surface area contributed by atoms with Crippen molar-refractivity contribution in [1.29, 1.82) is 0 Å². The number of rotatable bonds is 35. The van der Waals surface area contributed by atoms with Gasteiger partial charge in [-0.05, 0) is 25.7 Å². The minimum absolute atomic E-state index is 0.526. The molecule has 0 bridgehead atoms. The van der Waals surface area contributed by atoms with Crippen LogP contribution in [0.1, 0.15) is 181 Å². The highest BCUT2D eigenvalue weighted by molar-refractivity contribution is 5.70. The summed E-state index contributed by atoms with van der Waals surface area (Å²) in [6, 6.07) is 7.20. The summed E-state index contributed by atoms with van der Waals surface area (Å²) in [5, 5.41) is 0. The van der Waals surface area contributed by atoms with Crippen LogP contribution < -0.4 is 41.9 Å². The van der Waals surface area contributed by atoms with Crippen LogP contribution >= 0.6 is 0 Å². The number of nitrogens with two attached hydrogens (primary N) is 4. The molecular weight excluding hydrogens is 649 g/mol. The summed E-state index contributed by atoms with van der Waals surface area (Å²) in [6.45, 7) is 7.12. The van der Waals surface area contributed by atoms with Crippen molar-refractivity contribution in [2.24, 2.45) is 0 Å². The van der Waals surface area contributed by atoms with E-state index < -0.39 is 0 Å². The molecule has 2 rings (SSSR count). The van der Waals surface area contributed by atoms with Crippen molar-refractivity contribution in [2.75, 3.05) is 49.4 Å². The van der Waals surface area contributed by atoms with E-state index in [9.17, 15) is 0 Å². The van der Waals surface area contributed by atoms with E-state index >= 15 is 0 Å². The van der Waals surface area contributed by atoms with Crippen molar-refractivity contribution in [2.45, 2.75) is 181 Å². The molecule has 2 aromatic rings. The average Bonchev–Trinajstić information content (AvgIpc) is 3.13. The van der Waals surface area contributed by atoms with E-state index in [-0.39, 0.29) is 0 Å². The molecule has 0 aliphatic rings. The second-order valence-corrected chi connectivity index (χ2v) is 14.7. The van der Waals surface area contributed by atoms with Crippen LogP contribution in [0, 0.1) is 0 Å². The van der Waals surface area contributed by atoms with Gasteiger partial charge in [-0.3, -0.25) is 0 Å². The van der Waals surface area contributed by atoms with Crippen molar-refractivity contribution in [3.05, 3.63) is 24.3 Å². The van der Waals surface area contributed by atoms with E-state index in [0.717, 1.165) is 51.4 Å². The summed E-state index contributed by atoms with van der Waals surface area (Å²) >= 11 is 0. The van der Waals surface area contributed by atoms with Gasteiger partial charge in [-0.25, -0.2) is 0 Å². The molecule has 0 unspecified atom stereocenters. The van der Waals surface area contributed by atoms with Crippen molar-refractivity contribution in [1.82, 2.24) is 0 Å². The van der Waals surface area contributed by atoms with Gasteiger partial charge in [0.05, 0.1) is 49.2 Å². The number of ether oxygens (including phenoxy) is 4. The van der Waals surface area contributed by atoms with Gasteiger partial charge in [0.2, 0.25) is 0 Å². The Labute approximate surface area is 318 Å². The lowest BCUT2D eigenvalue weighted by Crippen LogP contribution is -2.05. The summed E-state index contributed by atoms with van der Waals surface area (Å²) in [5.41, 5.74) is 26.5. The molecule has 0 radical (unpaired) electrons. The molecule has 0 aromatic heterocycles. The molecular formula is C44H78N4O4. The first kappa shape index (κ1) is 45.0. The van der Waals surface area contributed by atoms with Crippen molar-refractivity contribution >= 4 is 22.7 Å². The van der Waals surface area contributed by atoms with Crippen LogP contribution in [-0.2, 0) is 0 Å². The van der Waals surface area contributed by atoms with Gasteiger partial charge in [-0.2, -0.15) is 0 Å². The molecule has 0 heterocycles. The largest absolute Gasteiger partial charge is 0.490 e. The Morgan fingerprint density at radius 1 is 0.288 bits per heavy atom. The number of hydrogen-bond acceptors (Lipinski definition) is 8. The lowest BCUT2D eigenvalue weighted by atomic mass is 10.1. The van der Waals surface area contributed by atoms with E-state index in [1.807, 2.05) is 0 Å². The Bertz CT molecular complexity index is 1070. The fourth-order valence-corrected chi connectivity index (χ4v) is 6.45. The second kappa shape index (κ2) is 30.3. The number of benzene rings is 2. The SMILES string of the molecule is CCCCCCCCCCCCOc1cc(N)c(N)cc1OCCCCCCCCOc1cc(N)c(N)cc1OCCCCCCCCCCCC. The van der Waals surface area contributed by atoms with E-state index in [2.05, 4.69) is 13.8 Å². The summed E-state index contributed by atoms with van der Waals surface area (Å²) in [4.78, 5) is 0. The lowest BCUT2D eigenvalue weighted by Gasteiger charge is -2.15. The monoisotopic (exact) mass is 727 g/mol. The maximum absolute atomic E-state index is 6.11. The van der Waals surface area contributed by atoms with Crippen LogP contribution in [0.3, 0.4) is 0 Å². The number of unbranched alkanes of at least 4 members (excludes halogenated alkanes) is 23. The molecule has 2 aromatic carbocycles. The molecule has 8 nitrogen and oxygen atoms in total. The summed E-state index contributed by atoms with van der Waals surface area (Å²) < 4.78 is 24.4. The van der Waals surface area contributed by atoms with Crippen molar-refractivity contribution in [3.8, 4) is 23.0 Å². The first-order valence-corrected chi connectivity index (χ1v) is 21.3. The zero-order chi connectivity index (χ0) is 37.5. The Morgan fingerprint density at radius 3 is 0.654 bits per heavy atom. The zero-order valence-electron chi connectivity index (χ0n) is 33.5. The number of anilines is 4. The predicted octanol–water partition coefficient (Wildman–Crippen LogP) is 12.4. The van der Waals surface area contributed by atoms with Crippen LogP contribution in [0.5, 0.6) is 23.0 Å². The zero-order valence-corrected chi connectivity index (χ0v) is 33.5. The summed E-state index contributed by atoms with van der Waals surface area (Å²) in [6.07, 6.45) is 32.4. The lowest BCUT2D eigenvalue weighted by molar-refractivity contribution is 0.256. The van der Waals surface area contributed by atoms with Crippen LogP contribution in [0.2, 0.25) is 0 Å². The third-order valence-corrected chi connectivity index (χ3v) is 9.86. The third kappa shape index (κ3) is 21.4. The molecule has 0 aliphatic heterocycles. The van der Waals surface area contributed by atoms with Crippen molar-refractivity contribution < 1.29 is 18.9 Å². The molecule has 52 heavy (non-hydrogen) atoms. The number of hydrogen-bond donors (Lipinski definition) is 4. The Morgan fingerprint density at radius 2 is 0.462 bits per heavy atom. The van der Waals surface area contributed by atoms with E-state index in [4.69, 9.17) is 41.9 Å². The number of nitrogen functional groups attached to an aromatic ring is 4. The summed E-state index contributed by atoms with van der Waals surface area (Å²) in [7, 11) is 0. The minimum atomic E-state index is 0.526. The van der Waals surface area contributed by atoms with Crippen LogP contribution in [0.15, 0.2) is 24.3 Å². The highest BCUT2D eigenvalue weighted by atomic mass is 16.5. The normalized spacial score (nSPS) is 11.2. The minimum Gasteiger partial charge on any atom is -0.490 e. The topological polar surface area (TPSA) is 141 Å². The molecule has 0 fully saturated rings. The molecule has 8 N–H and O–H groups in total. The molecule has 0 saturated heterocycles. The maximum atomic E-state index is 6.11. The molecule has 8 heteroatoms. The van der Waals surface area contributed by atoms with Gasteiger partial charge in [0.25, 0.3) is 0 Å². The molecule has 298 valence electrons. The van der Waals surface area contributed by atoms with Crippen molar-refractivity contribution in [3.63, 3.8) is 0 Å². The fourth-order valence-electron chi connectivity index (χ4n) is 6.45. The van der Waals surface area contributed by atoms with Gasteiger partial charge in [-0.15, -0.1) is 0 Å². The van der Waals surface area contributed by atoms with E-state index in [0.29, 0.717) is 72.2 Å². The van der Waals surface area contributed by atoms with Gasteiger partial charge in [0.15, 0.2) is 23.0 Å². The smallest absolute Gasteiger partial charge is 0.163 e. The first-order chi connectivity index (χ1) is 25.5. The van der Waals surface area contributed by atoms with Gasteiger partial charge < -0.3 is 41.9 Å². The fraction of sp³-hybridized carbons (Fsp3) is 0.727. The standard InChI is InChI=1S/C44H78N4O4/c1-3-5-7-9-11-13-15-17-21-25-29-49-41-33-37(45)39(47)35-43(41)51-31-27-23-19-20-24-28-32-52-44-36-40(48)38(46)34-42(44)50-30-26-22-18-16-14-12-10-8-6-4-2/h33-36H,3-32,45-48H2,1-2H3. The van der Waals surface area contributed by atoms with Gasteiger partial charge in [0.1, 0.15) is 0 Å². The molecule has 0 aliphatic carbocycles. The van der Waals surface area contributed by atoms with Gasteiger partial charge in [0, 0.05) is 24.3 Å². The third-order valence-electron chi connectivity index (χ3n) is 9.86. The Kier molecular flexibility index (Phi) is 26.2. The predicted molar refractivity (Wildman–Crippen MR) is 224 cm³/mol. The molecule has 0 saturated carbocycles. The Balaban J connectivity index is 1.55. The average molecular weight is 727 g/mol. The van der Waals surface area contributed by atoms with E-state index in [1.165, 1.54) is 116 Å². The highest BCUT2D eigenvalue weighted by Crippen LogP contribution is 2.35. The van der Waals surface area contributed by atoms with Crippen LogP contribution in [0.25, 0.3) is 0 Å². The van der Waals surface area contributed by atoms with Crippen LogP contribution in [-0.4, -0.2) is 26.4 Å². The highest BCUT2D eigenvalue weighted by Gasteiger charge is 2.11. The van der Waals surface area contributed by atoms with E-state index in [1.54, 1.807) is 24.3 Å². The quantitative estimate of drug-likeness (QED) is 0.0406. The van der Waals surface area contributed by atoms with Gasteiger partial charge >= 0.3 is 0 Å². The van der Waals surface area contributed by atoms with Crippen LogP contribution in [0.4, 0.5) is 22.7 Å². The summed E-state index contributed by atoms with van der Waals surface area (Å²) in [5.74, 6) is 2.76. The molecule has 0 spiro atoms.